The first kappa shape index (κ1) is 66.5. The average molecular weight is 1410 g/mol. The van der Waals surface area contributed by atoms with E-state index < -0.39 is 0 Å². The summed E-state index contributed by atoms with van der Waals surface area (Å²) >= 11 is 0. The van der Waals surface area contributed by atoms with E-state index in [0.29, 0.717) is 0 Å². The van der Waals surface area contributed by atoms with Gasteiger partial charge in [0.1, 0.15) is 0 Å². The van der Waals surface area contributed by atoms with Gasteiger partial charge in [-0.1, -0.05) is 231 Å². The van der Waals surface area contributed by atoms with Crippen molar-refractivity contribution in [2.45, 2.75) is 27.7 Å². The van der Waals surface area contributed by atoms with Crippen LogP contribution in [0.15, 0.2) is 400 Å². The zero-order valence-electron chi connectivity index (χ0n) is 61.8. The SMILES string of the molecule is Cc1c(C)n(-c2ccc(N(c3ccc(-c4ccccc4)cc3)c3ccc(-c4ccc5c(c4)c4ccccc4n5-c4ccccc4)cc3)cc2)c2ccccc12.Cc1c(C)n(-c2ccc(N(c3ccc(-c4ccccc4)cc3)c3ccc(-c4ccc5c(c4)c4ccccc4n5-c4ccccc4)cc3)cc2)c2ccccc12. The van der Waals surface area contributed by atoms with Crippen LogP contribution in [0.4, 0.5) is 34.1 Å². The van der Waals surface area contributed by atoms with Gasteiger partial charge in [-0.2, -0.15) is 0 Å². The Morgan fingerprint density at radius 2 is 0.382 bits per heavy atom. The Kier molecular flexibility index (Phi) is 17.1. The number of benzene rings is 16. The smallest absolute Gasteiger partial charge is 0.0541 e. The van der Waals surface area contributed by atoms with E-state index in [-0.39, 0.29) is 0 Å². The summed E-state index contributed by atoms with van der Waals surface area (Å²) in [5.41, 5.74) is 33.3. The van der Waals surface area contributed by atoms with E-state index in [0.717, 1.165) is 45.5 Å². The van der Waals surface area contributed by atoms with Crippen LogP contribution in [0.1, 0.15) is 22.5 Å². The molecular weight excluding hydrogens is 1330 g/mol. The molecule has 110 heavy (non-hydrogen) atoms. The first-order chi connectivity index (χ1) is 54.2. The second kappa shape index (κ2) is 28.3. The summed E-state index contributed by atoms with van der Waals surface area (Å²) in [6.45, 7) is 8.86. The van der Waals surface area contributed by atoms with E-state index in [2.05, 4.69) is 456 Å². The normalized spacial score (nSPS) is 11.5. The number of anilines is 6. The lowest BCUT2D eigenvalue weighted by atomic mass is 10.0. The summed E-state index contributed by atoms with van der Waals surface area (Å²) in [6.07, 6.45) is 0. The Bertz CT molecular complexity index is 6320. The molecule has 0 aliphatic heterocycles. The Morgan fingerprint density at radius 1 is 0.164 bits per heavy atom. The number of para-hydroxylation sites is 6. The van der Waals surface area contributed by atoms with Crippen molar-refractivity contribution in [3.63, 3.8) is 0 Å². The van der Waals surface area contributed by atoms with Gasteiger partial charge in [0.05, 0.1) is 33.1 Å². The van der Waals surface area contributed by atoms with Gasteiger partial charge < -0.3 is 28.1 Å². The highest BCUT2D eigenvalue weighted by Gasteiger charge is 2.21. The summed E-state index contributed by atoms with van der Waals surface area (Å²) in [7, 11) is 0. The summed E-state index contributed by atoms with van der Waals surface area (Å²) in [4.78, 5) is 4.70. The molecule has 524 valence electrons. The molecule has 6 nitrogen and oxygen atoms in total. The summed E-state index contributed by atoms with van der Waals surface area (Å²) in [5.74, 6) is 0. The van der Waals surface area contributed by atoms with Gasteiger partial charge in [-0.3, -0.25) is 0 Å². The molecule has 20 aromatic rings. The summed E-state index contributed by atoms with van der Waals surface area (Å²) < 4.78 is 9.47. The van der Waals surface area contributed by atoms with Crippen LogP contribution in [-0.4, -0.2) is 18.3 Å². The minimum Gasteiger partial charge on any atom is -0.314 e. The fourth-order valence-corrected chi connectivity index (χ4v) is 16.6. The van der Waals surface area contributed by atoms with Gasteiger partial charge in [0.15, 0.2) is 0 Å². The molecule has 20 rings (SSSR count). The van der Waals surface area contributed by atoms with Gasteiger partial charge >= 0.3 is 0 Å². The minimum absolute atomic E-state index is 1.10. The van der Waals surface area contributed by atoms with Crippen molar-refractivity contribution >= 4 is 99.5 Å². The molecule has 0 saturated carbocycles. The fraction of sp³-hybridized carbons (Fsp3) is 0.0385. The maximum absolute atomic E-state index is 2.37. The number of aryl methyl sites for hydroxylation is 2. The highest BCUT2D eigenvalue weighted by atomic mass is 15.2. The standard InChI is InChI=1S/2C52H39N3/c2*1-36-37(2)53(50-19-11-9-17-47(36)50)43-30-32-46(33-31-43)54(44-26-21-39(22-27-44)38-13-5-3-6-14-38)45-28-23-40(24-29-45)41-25-34-52-49(35-41)48-18-10-12-20-51(48)55(52)42-15-7-4-8-16-42/h2*3-35H,1-2H3. The summed E-state index contributed by atoms with van der Waals surface area (Å²) in [5, 5.41) is 7.61. The Hall–Kier alpha value is -14.2. The minimum atomic E-state index is 1.10. The van der Waals surface area contributed by atoms with Gasteiger partial charge in [0.2, 0.25) is 0 Å². The van der Waals surface area contributed by atoms with Crippen molar-refractivity contribution < 1.29 is 0 Å². The molecule has 0 fully saturated rings. The molecule has 0 unspecified atom stereocenters. The largest absolute Gasteiger partial charge is 0.314 e. The average Bonchev–Trinajstić information content (AvgIpc) is 1.41. The van der Waals surface area contributed by atoms with Crippen molar-refractivity contribution in [3.05, 3.63) is 423 Å². The number of hydrogen-bond donors (Lipinski definition) is 0. The molecule has 0 bridgehead atoms. The molecule has 0 spiro atoms. The van der Waals surface area contributed by atoms with E-state index in [4.69, 9.17) is 0 Å². The molecule has 0 N–H and O–H groups in total. The molecule has 0 aliphatic rings. The zero-order chi connectivity index (χ0) is 73.8. The number of fused-ring (bicyclic) bond motifs is 8. The highest BCUT2D eigenvalue weighted by Crippen LogP contribution is 2.44. The van der Waals surface area contributed by atoms with Crippen LogP contribution < -0.4 is 9.80 Å². The third kappa shape index (κ3) is 12.0. The van der Waals surface area contributed by atoms with Crippen LogP contribution in [0.2, 0.25) is 0 Å². The number of rotatable bonds is 14. The topological polar surface area (TPSA) is 26.2 Å². The fourth-order valence-electron chi connectivity index (χ4n) is 16.6. The molecule has 0 atom stereocenters. The van der Waals surface area contributed by atoms with Crippen molar-refractivity contribution in [1.29, 1.82) is 0 Å². The van der Waals surface area contributed by atoms with Crippen LogP contribution in [-0.2, 0) is 0 Å². The molecule has 0 saturated heterocycles. The zero-order valence-corrected chi connectivity index (χ0v) is 61.8. The second-order valence-corrected chi connectivity index (χ2v) is 28.6. The van der Waals surface area contributed by atoms with E-state index in [9.17, 15) is 0 Å². The van der Waals surface area contributed by atoms with Gasteiger partial charge in [-0.25, -0.2) is 0 Å². The monoisotopic (exact) mass is 1410 g/mol. The third-order valence-corrected chi connectivity index (χ3v) is 22.3. The molecule has 0 amide bonds. The quantitative estimate of drug-likeness (QED) is 0.108. The van der Waals surface area contributed by atoms with Crippen molar-refractivity contribution in [3.8, 4) is 67.3 Å². The maximum atomic E-state index is 2.37. The van der Waals surface area contributed by atoms with Crippen LogP contribution in [0, 0.1) is 27.7 Å². The maximum Gasteiger partial charge on any atom is 0.0541 e. The Morgan fingerprint density at radius 3 is 0.700 bits per heavy atom. The lowest BCUT2D eigenvalue weighted by molar-refractivity contribution is 1.04. The first-order valence-electron chi connectivity index (χ1n) is 37.9. The third-order valence-electron chi connectivity index (χ3n) is 22.3. The molecule has 0 radical (unpaired) electrons. The van der Waals surface area contributed by atoms with Gasteiger partial charge in [-0.05, 0) is 253 Å². The molecule has 0 aliphatic carbocycles. The lowest BCUT2D eigenvalue weighted by Gasteiger charge is -2.26. The van der Waals surface area contributed by atoms with Crippen molar-refractivity contribution in [2.24, 2.45) is 0 Å². The Balaban J connectivity index is 0.000000149. The molecule has 4 aromatic heterocycles. The summed E-state index contributed by atoms with van der Waals surface area (Å²) in [6, 6.07) is 145. The van der Waals surface area contributed by atoms with Crippen LogP contribution in [0.3, 0.4) is 0 Å². The molecule has 4 heterocycles. The molecule has 16 aromatic carbocycles. The van der Waals surface area contributed by atoms with Crippen molar-refractivity contribution in [2.75, 3.05) is 9.80 Å². The number of aromatic nitrogens is 4. The lowest BCUT2D eigenvalue weighted by Crippen LogP contribution is -2.10. The highest BCUT2D eigenvalue weighted by molar-refractivity contribution is 6.12. The van der Waals surface area contributed by atoms with Gasteiger partial charge in [-0.15, -0.1) is 0 Å². The van der Waals surface area contributed by atoms with Crippen LogP contribution >= 0.6 is 0 Å². The van der Waals surface area contributed by atoms with E-state index in [1.54, 1.807) is 0 Å². The van der Waals surface area contributed by atoms with Crippen molar-refractivity contribution in [1.82, 2.24) is 18.3 Å². The van der Waals surface area contributed by atoms with E-state index >= 15 is 0 Å². The van der Waals surface area contributed by atoms with Crippen LogP contribution in [0.25, 0.3) is 133 Å². The molecule has 6 heteroatoms. The second-order valence-electron chi connectivity index (χ2n) is 28.6. The van der Waals surface area contributed by atoms with E-state index in [1.807, 2.05) is 0 Å². The predicted octanol–water partition coefficient (Wildman–Crippen LogP) is 28.3. The van der Waals surface area contributed by atoms with E-state index in [1.165, 1.54) is 144 Å². The molecular formula is C104H78N6. The first-order valence-corrected chi connectivity index (χ1v) is 37.9. The van der Waals surface area contributed by atoms with Gasteiger partial charge in [0.25, 0.3) is 0 Å². The predicted molar refractivity (Wildman–Crippen MR) is 465 cm³/mol. The Labute approximate surface area is 641 Å². The number of nitrogens with zero attached hydrogens (tertiary/aromatic N) is 6. The number of hydrogen-bond acceptors (Lipinski definition) is 2. The van der Waals surface area contributed by atoms with Gasteiger partial charge in [0, 0.05) is 101 Å². The van der Waals surface area contributed by atoms with Crippen LogP contribution in [0.5, 0.6) is 0 Å².